The Morgan fingerprint density at radius 3 is 2.84 bits per heavy atom. The molecule has 7 nitrogen and oxygen atoms in total. The normalized spacial score (nSPS) is 20.1. The zero-order valence-electron chi connectivity index (χ0n) is 14.2. The fourth-order valence-electron chi connectivity index (χ4n) is 2.97. The second-order valence-electron chi connectivity index (χ2n) is 6.15. The average molecular weight is 345 g/mol. The number of aliphatic hydroxyl groups is 1. The molecule has 1 aromatic carbocycles. The van der Waals surface area contributed by atoms with Crippen LogP contribution in [-0.2, 0) is 6.61 Å². The third-order valence-electron chi connectivity index (χ3n) is 4.36. The van der Waals surface area contributed by atoms with E-state index in [9.17, 15) is 9.90 Å². The standard InChI is InChI=1S/C18H23N3O4/c1-24-16-8-4-5-9-17(16)25-11-12-10-14(21-20-12)18(23)19-13-6-2-3-7-15(13)22/h4-5,8-10,13,15,22H,2-3,6-7,11H2,1H3,(H,19,23)(H,20,21)/t13-,15-/m0/s1. The van der Waals surface area contributed by atoms with Gasteiger partial charge in [-0.05, 0) is 31.0 Å². The van der Waals surface area contributed by atoms with Crippen molar-refractivity contribution in [3.05, 3.63) is 41.7 Å². The van der Waals surface area contributed by atoms with Crippen molar-refractivity contribution in [2.75, 3.05) is 7.11 Å². The highest BCUT2D eigenvalue weighted by molar-refractivity contribution is 5.92. The number of para-hydroxylation sites is 2. The zero-order valence-corrected chi connectivity index (χ0v) is 14.2. The molecule has 7 heteroatoms. The zero-order chi connectivity index (χ0) is 17.6. The topological polar surface area (TPSA) is 96.5 Å². The highest BCUT2D eigenvalue weighted by Gasteiger charge is 2.25. The quantitative estimate of drug-likeness (QED) is 0.744. The number of carbonyl (C=O) groups excluding carboxylic acids is 1. The van der Waals surface area contributed by atoms with Crippen molar-refractivity contribution in [1.82, 2.24) is 15.5 Å². The first-order valence-electron chi connectivity index (χ1n) is 8.46. The smallest absolute Gasteiger partial charge is 0.272 e. The molecule has 1 aromatic heterocycles. The van der Waals surface area contributed by atoms with E-state index in [2.05, 4.69) is 15.5 Å². The molecule has 2 atom stereocenters. The Kier molecular flexibility index (Phi) is 5.55. The maximum atomic E-state index is 12.3. The summed E-state index contributed by atoms with van der Waals surface area (Å²) in [6.07, 6.45) is 3.05. The second kappa shape index (κ2) is 8.02. The van der Waals surface area contributed by atoms with Gasteiger partial charge >= 0.3 is 0 Å². The largest absolute Gasteiger partial charge is 0.493 e. The number of amides is 1. The van der Waals surface area contributed by atoms with Crippen molar-refractivity contribution in [3.8, 4) is 11.5 Å². The maximum absolute atomic E-state index is 12.3. The maximum Gasteiger partial charge on any atom is 0.272 e. The number of benzene rings is 1. The molecule has 0 aliphatic heterocycles. The summed E-state index contributed by atoms with van der Waals surface area (Å²) < 4.78 is 10.9. The molecule has 3 N–H and O–H groups in total. The van der Waals surface area contributed by atoms with Gasteiger partial charge in [-0.3, -0.25) is 9.89 Å². The first kappa shape index (κ1) is 17.3. The molecule has 1 amide bonds. The van der Waals surface area contributed by atoms with Crippen molar-refractivity contribution in [3.63, 3.8) is 0 Å². The fourth-order valence-corrected chi connectivity index (χ4v) is 2.97. The minimum atomic E-state index is -0.481. The number of nitrogens with one attached hydrogen (secondary N) is 2. The number of rotatable bonds is 6. The number of methoxy groups -OCH3 is 1. The number of aromatic nitrogens is 2. The summed E-state index contributed by atoms with van der Waals surface area (Å²) in [5, 5.41) is 19.6. The molecular weight excluding hydrogens is 322 g/mol. The van der Waals surface area contributed by atoms with Gasteiger partial charge in [0.05, 0.1) is 24.9 Å². The van der Waals surface area contributed by atoms with E-state index in [1.54, 1.807) is 13.2 Å². The van der Waals surface area contributed by atoms with Gasteiger partial charge in [-0.15, -0.1) is 0 Å². The summed E-state index contributed by atoms with van der Waals surface area (Å²) in [6.45, 7) is 0.243. The monoisotopic (exact) mass is 345 g/mol. The number of aromatic amines is 1. The van der Waals surface area contributed by atoms with E-state index >= 15 is 0 Å². The van der Waals surface area contributed by atoms with Crippen LogP contribution in [0, 0.1) is 0 Å². The molecule has 134 valence electrons. The van der Waals surface area contributed by atoms with Gasteiger partial charge in [0.2, 0.25) is 0 Å². The van der Waals surface area contributed by atoms with Gasteiger partial charge in [-0.2, -0.15) is 5.10 Å². The molecule has 0 spiro atoms. The molecule has 1 aliphatic rings. The lowest BCUT2D eigenvalue weighted by molar-refractivity contribution is 0.0713. The van der Waals surface area contributed by atoms with Crippen molar-refractivity contribution >= 4 is 5.91 Å². The summed E-state index contributed by atoms with van der Waals surface area (Å²) in [5.74, 6) is 0.980. The molecule has 0 bridgehead atoms. The summed E-state index contributed by atoms with van der Waals surface area (Å²) in [6, 6.07) is 8.80. The van der Waals surface area contributed by atoms with E-state index in [0.29, 0.717) is 17.2 Å². The second-order valence-corrected chi connectivity index (χ2v) is 6.15. The van der Waals surface area contributed by atoms with E-state index in [1.807, 2.05) is 24.3 Å². The molecule has 2 aromatic rings. The number of hydrogen-bond acceptors (Lipinski definition) is 5. The van der Waals surface area contributed by atoms with Crippen molar-refractivity contribution in [2.45, 2.75) is 44.4 Å². The van der Waals surface area contributed by atoms with Gasteiger partial charge in [0.15, 0.2) is 11.5 Å². The van der Waals surface area contributed by atoms with Gasteiger partial charge < -0.3 is 19.9 Å². The Labute approximate surface area is 146 Å². The van der Waals surface area contributed by atoms with Crippen LogP contribution in [0.3, 0.4) is 0 Å². The predicted molar refractivity (Wildman–Crippen MR) is 91.6 cm³/mol. The summed E-state index contributed by atoms with van der Waals surface area (Å²) in [4.78, 5) is 12.3. The van der Waals surface area contributed by atoms with Crippen molar-refractivity contribution in [1.29, 1.82) is 0 Å². The molecule has 0 radical (unpaired) electrons. The number of ether oxygens (including phenoxy) is 2. The van der Waals surface area contributed by atoms with E-state index < -0.39 is 6.10 Å². The molecule has 3 rings (SSSR count). The number of carbonyl (C=O) groups is 1. The van der Waals surface area contributed by atoms with Crippen LogP contribution in [0.5, 0.6) is 11.5 Å². The first-order chi connectivity index (χ1) is 12.2. The van der Waals surface area contributed by atoms with Crippen molar-refractivity contribution < 1.29 is 19.4 Å². The molecule has 0 unspecified atom stereocenters. The highest BCUT2D eigenvalue weighted by atomic mass is 16.5. The van der Waals surface area contributed by atoms with Gasteiger partial charge in [0.25, 0.3) is 5.91 Å². The Morgan fingerprint density at radius 2 is 2.08 bits per heavy atom. The first-order valence-corrected chi connectivity index (χ1v) is 8.46. The highest BCUT2D eigenvalue weighted by Crippen LogP contribution is 2.26. The molecule has 0 saturated heterocycles. The van der Waals surface area contributed by atoms with Gasteiger partial charge in [-0.25, -0.2) is 0 Å². The van der Waals surface area contributed by atoms with Crippen LogP contribution in [0.2, 0.25) is 0 Å². The molecule has 1 aliphatic carbocycles. The molecule has 1 heterocycles. The van der Waals surface area contributed by atoms with Crippen LogP contribution < -0.4 is 14.8 Å². The van der Waals surface area contributed by atoms with E-state index in [-0.39, 0.29) is 24.2 Å². The Morgan fingerprint density at radius 1 is 1.32 bits per heavy atom. The van der Waals surface area contributed by atoms with E-state index in [0.717, 1.165) is 25.7 Å². The third-order valence-corrected chi connectivity index (χ3v) is 4.36. The van der Waals surface area contributed by atoms with Crippen molar-refractivity contribution in [2.24, 2.45) is 0 Å². The predicted octanol–water partition coefficient (Wildman–Crippen LogP) is 2.03. The summed E-state index contributed by atoms with van der Waals surface area (Å²) >= 11 is 0. The van der Waals surface area contributed by atoms with Crippen LogP contribution in [0.1, 0.15) is 41.9 Å². The van der Waals surface area contributed by atoms with Crippen LogP contribution in [0.15, 0.2) is 30.3 Å². The van der Waals surface area contributed by atoms with Crippen LogP contribution in [0.25, 0.3) is 0 Å². The summed E-state index contributed by atoms with van der Waals surface area (Å²) in [7, 11) is 1.58. The lowest BCUT2D eigenvalue weighted by Crippen LogP contribution is -2.45. The third kappa shape index (κ3) is 4.30. The number of H-pyrrole nitrogens is 1. The van der Waals surface area contributed by atoms with Gasteiger partial charge in [0, 0.05) is 0 Å². The summed E-state index contributed by atoms with van der Waals surface area (Å²) in [5.41, 5.74) is 0.969. The van der Waals surface area contributed by atoms with Gasteiger partial charge in [0.1, 0.15) is 12.3 Å². The number of hydrogen-bond donors (Lipinski definition) is 3. The molecule has 25 heavy (non-hydrogen) atoms. The SMILES string of the molecule is COc1ccccc1OCc1cc(C(=O)N[C@H]2CCCC[C@@H]2O)n[nH]1. The van der Waals surface area contributed by atoms with E-state index in [1.165, 1.54) is 0 Å². The lowest BCUT2D eigenvalue weighted by Gasteiger charge is -2.27. The number of aliphatic hydroxyl groups excluding tert-OH is 1. The Bertz CT molecular complexity index is 716. The Balaban J connectivity index is 1.57. The van der Waals surface area contributed by atoms with Crippen LogP contribution >= 0.6 is 0 Å². The van der Waals surface area contributed by atoms with Crippen LogP contribution in [0.4, 0.5) is 0 Å². The Hall–Kier alpha value is -2.54. The number of nitrogens with zero attached hydrogens (tertiary/aromatic N) is 1. The van der Waals surface area contributed by atoms with Crippen LogP contribution in [-0.4, -0.2) is 40.5 Å². The molecule has 1 saturated carbocycles. The van der Waals surface area contributed by atoms with E-state index in [4.69, 9.17) is 9.47 Å². The minimum Gasteiger partial charge on any atom is -0.493 e. The average Bonchev–Trinajstić information content (AvgIpc) is 3.11. The lowest BCUT2D eigenvalue weighted by atomic mass is 9.92. The molecular formula is C18H23N3O4. The fraction of sp³-hybridized carbons (Fsp3) is 0.444. The van der Waals surface area contributed by atoms with Gasteiger partial charge in [-0.1, -0.05) is 25.0 Å². The minimum absolute atomic E-state index is 0.203. The molecule has 1 fully saturated rings.